The molecule has 3 heterocycles. The summed E-state index contributed by atoms with van der Waals surface area (Å²) in [7, 11) is 1.93. The third kappa shape index (κ3) is 3.63. The first-order chi connectivity index (χ1) is 10.1. The molecule has 1 aromatic heterocycles. The van der Waals surface area contributed by atoms with Crippen LogP contribution < -0.4 is 5.32 Å². The minimum Gasteiger partial charge on any atom is -0.342 e. The predicted octanol–water partition coefficient (Wildman–Crippen LogP) is 1.79. The van der Waals surface area contributed by atoms with Crippen molar-refractivity contribution in [3.05, 3.63) is 18.0 Å². The number of nitrogens with zero attached hydrogens (tertiary/aromatic N) is 3. The zero-order chi connectivity index (χ0) is 14.8. The van der Waals surface area contributed by atoms with E-state index in [1.54, 1.807) is 0 Å². The Morgan fingerprint density at radius 3 is 2.86 bits per heavy atom. The van der Waals surface area contributed by atoms with E-state index in [0.717, 1.165) is 44.9 Å². The Morgan fingerprint density at radius 2 is 2.14 bits per heavy atom. The van der Waals surface area contributed by atoms with Crippen LogP contribution in [0.2, 0.25) is 0 Å². The molecule has 0 aromatic carbocycles. The second-order valence-electron chi connectivity index (χ2n) is 6.68. The van der Waals surface area contributed by atoms with Gasteiger partial charge in [0.15, 0.2) is 0 Å². The Bertz CT molecular complexity index is 504. The molecular formula is C16H27ClN4O. The zero-order valence-corrected chi connectivity index (χ0v) is 14.3. The number of carbonyl (C=O) groups is 1. The molecule has 2 saturated heterocycles. The number of aromatic nitrogens is 2. The van der Waals surface area contributed by atoms with E-state index in [0.29, 0.717) is 5.91 Å². The van der Waals surface area contributed by atoms with Gasteiger partial charge in [-0.05, 0) is 30.7 Å². The lowest BCUT2D eigenvalue weighted by Gasteiger charge is -2.26. The normalized spacial score (nSPS) is 29.0. The van der Waals surface area contributed by atoms with Gasteiger partial charge in [-0.3, -0.25) is 9.48 Å². The highest BCUT2D eigenvalue weighted by atomic mass is 35.5. The summed E-state index contributed by atoms with van der Waals surface area (Å²) in [4.78, 5) is 15.0. The summed E-state index contributed by atoms with van der Waals surface area (Å²) in [5.74, 6) is 1.43. The van der Waals surface area contributed by atoms with Crippen molar-refractivity contribution < 1.29 is 4.79 Å². The molecule has 3 atom stereocenters. The average Bonchev–Trinajstić information content (AvgIpc) is 3.05. The fourth-order valence-corrected chi connectivity index (χ4v) is 3.64. The molecule has 2 aliphatic heterocycles. The van der Waals surface area contributed by atoms with E-state index < -0.39 is 0 Å². The van der Waals surface area contributed by atoms with Gasteiger partial charge in [0.1, 0.15) is 0 Å². The highest BCUT2D eigenvalue weighted by molar-refractivity contribution is 5.85. The SMILES string of the molecule is CC1CCCN(C(=O)[C@H]2CNC[C@@H]2c2cnn(C)c2)CC1.Cl. The largest absolute Gasteiger partial charge is 0.342 e. The highest BCUT2D eigenvalue weighted by Crippen LogP contribution is 2.30. The van der Waals surface area contributed by atoms with E-state index in [1.165, 1.54) is 12.0 Å². The maximum Gasteiger partial charge on any atom is 0.227 e. The van der Waals surface area contributed by atoms with E-state index in [9.17, 15) is 4.79 Å². The molecule has 1 aromatic rings. The van der Waals surface area contributed by atoms with Crippen LogP contribution in [-0.4, -0.2) is 46.8 Å². The van der Waals surface area contributed by atoms with Crippen LogP contribution in [0, 0.1) is 11.8 Å². The van der Waals surface area contributed by atoms with Gasteiger partial charge in [-0.25, -0.2) is 0 Å². The second-order valence-corrected chi connectivity index (χ2v) is 6.68. The summed E-state index contributed by atoms with van der Waals surface area (Å²) in [6.45, 7) is 5.83. The molecule has 6 heteroatoms. The number of aryl methyl sites for hydroxylation is 1. The van der Waals surface area contributed by atoms with Crippen molar-refractivity contribution in [1.82, 2.24) is 20.0 Å². The molecule has 1 N–H and O–H groups in total. The Morgan fingerprint density at radius 1 is 1.32 bits per heavy atom. The number of rotatable bonds is 2. The molecule has 124 valence electrons. The summed E-state index contributed by atoms with van der Waals surface area (Å²) >= 11 is 0. The fourth-order valence-electron chi connectivity index (χ4n) is 3.64. The van der Waals surface area contributed by atoms with Gasteiger partial charge in [-0.15, -0.1) is 12.4 Å². The van der Waals surface area contributed by atoms with E-state index in [4.69, 9.17) is 0 Å². The van der Waals surface area contributed by atoms with Gasteiger partial charge in [-0.2, -0.15) is 5.10 Å². The van der Waals surface area contributed by atoms with Crippen molar-refractivity contribution in [3.8, 4) is 0 Å². The molecule has 3 rings (SSSR count). The molecule has 2 aliphatic rings. The van der Waals surface area contributed by atoms with Crippen molar-refractivity contribution in [2.24, 2.45) is 18.9 Å². The van der Waals surface area contributed by atoms with Crippen LogP contribution in [0.15, 0.2) is 12.4 Å². The van der Waals surface area contributed by atoms with Crippen LogP contribution in [0.3, 0.4) is 0 Å². The molecule has 22 heavy (non-hydrogen) atoms. The van der Waals surface area contributed by atoms with Crippen molar-refractivity contribution in [3.63, 3.8) is 0 Å². The Hall–Kier alpha value is -1.07. The molecule has 0 radical (unpaired) electrons. The molecule has 1 unspecified atom stereocenters. The number of nitrogens with one attached hydrogen (secondary N) is 1. The van der Waals surface area contributed by atoms with Gasteiger partial charge < -0.3 is 10.2 Å². The summed E-state index contributed by atoms with van der Waals surface area (Å²) in [6, 6.07) is 0. The lowest BCUT2D eigenvalue weighted by atomic mass is 9.89. The monoisotopic (exact) mass is 326 g/mol. The average molecular weight is 327 g/mol. The number of amides is 1. The van der Waals surface area contributed by atoms with Crippen LogP contribution >= 0.6 is 12.4 Å². The Kier molecular flexibility index (Phi) is 5.87. The first-order valence-electron chi connectivity index (χ1n) is 8.13. The summed E-state index contributed by atoms with van der Waals surface area (Å²) in [5.41, 5.74) is 1.18. The van der Waals surface area contributed by atoms with Crippen LogP contribution in [-0.2, 0) is 11.8 Å². The molecule has 1 amide bonds. The Balaban J connectivity index is 0.00000176. The van der Waals surface area contributed by atoms with Crippen molar-refractivity contribution >= 4 is 18.3 Å². The summed E-state index contributed by atoms with van der Waals surface area (Å²) in [6.07, 6.45) is 7.48. The molecular weight excluding hydrogens is 300 g/mol. The van der Waals surface area contributed by atoms with Crippen molar-refractivity contribution in [1.29, 1.82) is 0 Å². The summed E-state index contributed by atoms with van der Waals surface area (Å²) in [5, 5.41) is 7.65. The number of hydrogen-bond acceptors (Lipinski definition) is 3. The number of hydrogen-bond donors (Lipinski definition) is 1. The minimum absolute atomic E-state index is 0. The quantitative estimate of drug-likeness (QED) is 0.901. The first-order valence-corrected chi connectivity index (χ1v) is 8.13. The molecule has 0 spiro atoms. The molecule has 2 fully saturated rings. The van der Waals surface area contributed by atoms with Crippen LogP contribution in [0.4, 0.5) is 0 Å². The third-order valence-corrected chi connectivity index (χ3v) is 5.01. The summed E-state index contributed by atoms with van der Waals surface area (Å²) < 4.78 is 1.82. The lowest BCUT2D eigenvalue weighted by molar-refractivity contribution is -0.135. The zero-order valence-electron chi connectivity index (χ0n) is 13.5. The van der Waals surface area contributed by atoms with Crippen molar-refractivity contribution in [2.45, 2.75) is 32.1 Å². The number of carbonyl (C=O) groups excluding carboxylic acids is 1. The second kappa shape index (κ2) is 7.47. The number of likely N-dealkylation sites (tertiary alicyclic amines) is 1. The van der Waals surface area contributed by atoms with Crippen LogP contribution in [0.1, 0.15) is 37.7 Å². The van der Waals surface area contributed by atoms with Gasteiger partial charge in [0.25, 0.3) is 0 Å². The van der Waals surface area contributed by atoms with E-state index >= 15 is 0 Å². The highest BCUT2D eigenvalue weighted by Gasteiger charge is 2.37. The third-order valence-electron chi connectivity index (χ3n) is 5.01. The maximum absolute atomic E-state index is 12.9. The van der Waals surface area contributed by atoms with Gasteiger partial charge >= 0.3 is 0 Å². The lowest BCUT2D eigenvalue weighted by Crippen LogP contribution is -2.39. The Labute approximate surface area is 138 Å². The maximum atomic E-state index is 12.9. The molecule has 0 aliphatic carbocycles. The van der Waals surface area contributed by atoms with Gasteiger partial charge in [0.2, 0.25) is 5.91 Å². The van der Waals surface area contributed by atoms with Crippen LogP contribution in [0.5, 0.6) is 0 Å². The van der Waals surface area contributed by atoms with E-state index in [-0.39, 0.29) is 24.2 Å². The smallest absolute Gasteiger partial charge is 0.227 e. The predicted molar refractivity (Wildman–Crippen MR) is 89.2 cm³/mol. The first kappa shape index (κ1) is 17.3. The fraction of sp³-hybridized carbons (Fsp3) is 0.750. The molecule has 0 saturated carbocycles. The van der Waals surface area contributed by atoms with Gasteiger partial charge in [-0.1, -0.05) is 6.92 Å². The minimum atomic E-state index is 0. The topological polar surface area (TPSA) is 50.2 Å². The van der Waals surface area contributed by atoms with Gasteiger partial charge in [0, 0.05) is 45.3 Å². The molecule has 0 bridgehead atoms. The van der Waals surface area contributed by atoms with E-state index in [1.807, 2.05) is 24.1 Å². The standard InChI is InChI=1S/C16H26N4O.ClH/c1-12-4-3-6-20(7-5-12)16(21)15-10-17-9-14(15)13-8-18-19(2)11-13;/h8,11-12,14-15,17H,3-7,9-10H2,1-2H3;1H/t12?,14-,15+;/m1./s1. The van der Waals surface area contributed by atoms with Crippen LogP contribution in [0.25, 0.3) is 0 Å². The molecule has 5 nitrogen and oxygen atoms in total. The van der Waals surface area contributed by atoms with Gasteiger partial charge in [0.05, 0.1) is 12.1 Å². The van der Waals surface area contributed by atoms with Crippen molar-refractivity contribution in [2.75, 3.05) is 26.2 Å². The number of halogens is 1. The van der Waals surface area contributed by atoms with E-state index in [2.05, 4.69) is 22.2 Å².